The van der Waals surface area contributed by atoms with E-state index >= 15 is 0 Å². The average molecular weight is 428 g/mol. The summed E-state index contributed by atoms with van der Waals surface area (Å²) in [7, 11) is 1.62. The highest BCUT2D eigenvalue weighted by atomic mass is 32.1. The number of aromatic nitrogens is 1. The Morgan fingerprint density at radius 3 is 2.60 bits per heavy atom. The monoisotopic (exact) mass is 427 g/mol. The van der Waals surface area contributed by atoms with Crippen LogP contribution in [-0.2, 0) is 17.8 Å². The van der Waals surface area contributed by atoms with Crippen molar-refractivity contribution in [1.29, 1.82) is 0 Å². The lowest BCUT2D eigenvalue weighted by atomic mass is 10.0. The van der Waals surface area contributed by atoms with Gasteiger partial charge in [0.05, 0.1) is 18.7 Å². The van der Waals surface area contributed by atoms with Crippen LogP contribution in [0.25, 0.3) is 10.9 Å². The number of fused-ring (bicyclic) bond motifs is 1. The Labute approximate surface area is 180 Å². The number of nitrogens with one attached hydrogen (secondary N) is 2. The maximum atomic E-state index is 13.3. The molecule has 7 heteroatoms. The number of H-pyrrole nitrogens is 1. The van der Waals surface area contributed by atoms with Gasteiger partial charge in [-0.15, -0.1) is 0 Å². The third kappa shape index (κ3) is 5.23. The second-order valence-electron chi connectivity index (χ2n) is 7.30. The van der Waals surface area contributed by atoms with Crippen molar-refractivity contribution >= 4 is 28.2 Å². The Bertz CT molecular complexity index is 1100. The van der Waals surface area contributed by atoms with Crippen molar-refractivity contribution < 1.29 is 9.13 Å². The van der Waals surface area contributed by atoms with E-state index in [9.17, 15) is 9.18 Å². The van der Waals surface area contributed by atoms with Crippen LogP contribution in [-0.4, -0.2) is 35.3 Å². The molecule has 0 spiro atoms. The van der Waals surface area contributed by atoms with Crippen molar-refractivity contribution in [2.75, 3.05) is 20.3 Å². The van der Waals surface area contributed by atoms with Crippen LogP contribution in [0, 0.1) is 19.7 Å². The van der Waals surface area contributed by atoms with Crippen LogP contribution >= 0.6 is 12.2 Å². The van der Waals surface area contributed by atoms with E-state index in [0.29, 0.717) is 36.9 Å². The molecule has 2 N–H and O–H groups in total. The molecule has 0 bridgehead atoms. The number of hydrogen-bond donors (Lipinski definition) is 2. The molecule has 0 atom stereocenters. The van der Waals surface area contributed by atoms with Crippen molar-refractivity contribution in [2.24, 2.45) is 0 Å². The zero-order valence-electron chi connectivity index (χ0n) is 17.4. The van der Waals surface area contributed by atoms with Gasteiger partial charge in [-0.3, -0.25) is 4.79 Å². The molecule has 158 valence electrons. The van der Waals surface area contributed by atoms with E-state index in [1.165, 1.54) is 12.1 Å². The summed E-state index contributed by atoms with van der Waals surface area (Å²) in [5.74, 6) is -0.289. The molecule has 0 aliphatic heterocycles. The number of thiocarbonyl (C=S) groups is 1. The van der Waals surface area contributed by atoms with Gasteiger partial charge in [0.25, 0.3) is 5.56 Å². The number of nitrogens with zero attached hydrogens (tertiary/aromatic N) is 1. The third-order valence-corrected chi connectivity index (χ3v) is 5.55. The smallest absolute Gasteiger partial charge is 0.253 e. The van der Waals surface area contributed by atoms with E-state index in [1.54, 1.807) is 19.2 Å². The standard InChI is InChI=1S/C23H26FN3O2S/c1-15-4-7-18-12-19(22(28)26-21(18)16(15)2)14-27(23(30)25-10-11-29-3)13-17-5-8-20(24)9-6-17/h4-9,12H,10-11,13-14H2,1-3H3,(H,25,30)(H,26,28). The number of pyridine rings is 1. The summed E-state index contributed by atoms with van der Waals surface area (Å²) in [4.78, 5) is 17.7. The van der Waals surface area contributed by atoms with Crippen LogP contribution in [0.15, 0.2) is 47.3 Å². The number of benzene rings is 2. The molecule has 0 saturated carbocycles. The van der Waals surface area contributed by atoms with Crippen molar-refractivity contribution in [3.63, 3.8) is 0 Å². The van der Waals surface area contributed by atoms with Gasteiger partial charge < -0.3 is 19.9 Å². The number of aromatic amines is 1. The molecule has 0 amide bonds. The van der Waals surface area contributed by atoms with E-state index in [0.717, 1.165) is 27.6 Å². The van der Waals surface area contributed by atoms with Gasteiger partial charge in [-0.25, -0.2) is 4.39 Å². The van der Waals surface area contributed by atoms with E-state index in [2.05, 4.69) is 10.3 Å². The van der Waals surface area contributed by atoms with Crippen molar-refractivity contribution in [3.8, 4) is 0 Å². The van der Waals surface area contributed by atoms with Crippen LogP contribution < -0.4 is 10.9 Å². The fourth-order valence-electron chi connectivity index (χ4n) is 3.27. The second kappa shape index (κ2) is 9.82. The van der Waals surface area contributed by atoms with Crippen molar-refractivity contribution in [3.05, 3.63) is 80.9 Å². The van der Waals surface area contributed by atoms with Crippen molar-refractivity contribution in [1.82, 2.24) is 15.2 Å². The zero-order valence-corrected chi connectivity index (χ0v) is 18.2. The summed E-state index contributed by atoms with van der Waals surface area (Å²) in [5.41, 5.74) is 4.43. The molecule has 0 radical (unpaired) electrons. The summed E-state index contributed by atoms with van der Waals surface area (Å²) < 4.78 is 18.4. The molecule has 30 heavy (non-hydrogen) atoms. The normalized spacial score (nSPS) is 10.9. The quantitative estimate of drug-likeness (QED) is 0.444. The first-order valence-corrected chi connectivity index (χ1v) is 10.2. The highest BCUT2D eigenvalue weighted by Crippen LogP contribution is 2.20. The SMILES string of the molecule is COCCNC(=S)N(Cc1ccc(F)cc1)Cc1cc2ccc(C)c(C)c2[nH]c1=O. The number of halogens is 1. The second-order valence-corrected chi connectivity index (χ2v) is 7.69. The summed E-state index contributed by atoms with van der Waals surface area (Å²) in [6.07, 6.45) is 0. The lowest BCUT2D eigenvalue weighted by Crippen LogP contribution is -2.41. The third-order valence-electron chi connectivity index (χ3n) is 5.15. The highest BCUT2D eigenvalue weighted by Gasteiger charge is 2.15. The number of ether oxygens (including phenoxy) is 1. The van der Waals surface area contributed by atoms with E-state index < -0.39 is 0 Å². The molecule has 0 saturated heterocycles. The number of rotatable bonds is 7. The predicted octanol–water partition coefficient (Wildman–Crippen LogP) is 3.81. The fraction of sp³-hybridized carbons (Fsp3) is 0.304. The van der Waals surface area contributed by atoms with Crippen LogP contribution in [0.3, 0.4) is 0 Å². The Kier molecular flexibility index (Phi) is 7.18. The summed E-state index contributed by atoms with van der Waals surface area (Å²) >= 11 is 5.56. The van der Waals surface area contributed by atoms with Gasteiger partial charge in [-0.2, -0.15) is 0 Å². The van der Waals surface area contributed by atoms with Gasteiger partial charge in [-0.05, 0) is 66.3 Å². The molecule has 0 fully saturated rings. The number of hydrogen-bond acceptors (Lipinski definition) is 3. The zero-order chi connectivity index (χ0) is 21.7. The molecule has 3 rings (SSSR count). The Morgan fingerprint density at radius 2 is 1.90 bits per heavy atom. The van der Waals surface area contributed by atoms with E-state index in [-0.39, 0.29) is 11.4 Å². The lowest BCUT2D eigenvalue weighted by molar-refractivity contribution is 0.202. The molecule has 0 unspecified atom stereocenters. The Balaban J connectivity index is 1.90. The maximum absolute atomic E-state index is 13.3. The average Bonchev–Trinajstić information content (AvgIpc) is 2.73. The summed E-state index contributed by atoms with van der Waals surface area (Å²) in [5, 5.41) is 4.64. The first-order valence-electron chi connectivity index (χ1n) is 9.77. The van der Waals surface area contributed by atoms with Gasteiger partial charge in [0.1, 0.15) is 5.82 Å². The molecule has 5 nitrogen and oxygen atoms in total. The van der Waals surface area contributed by atoms with Gasteiger partial charge in [0, 0.05) is 25.8 Å². The largest absolute Gasteiger partial charge is 0.383 e. The van der Waals surface area contributed by atoms with E-state index in [1.807, 2.05) is 36.9 Å². The maximum Gasteiger partial charge on any atom is 0.253 e. The van der Waals surface area contributed by atoms with Gasteiger partial charge >= 0.3 is 0 Å². The fourth-order valence-corrected chi connectivity index (χ4v) is 3.51. The number of aryl methyl sites for hydroxylation is 2. The van der Waals surface area contributed by atoms with Crippen molar-refractivity contribution in [2.45, 2.75) is 26.9 Å². The minimum absolute atomic E-state index is 0.139. The molecule has 1 heterocycles. The molecule has 1 aromatic heterocycles. The molecule has 2 aromatic carbocycles. The predicted molar refractivity (Wildman–Crippen MR) is 122 cm³/mol. The van der Waals surface area contributed by atoms with Gasteiger partial charge in [-0.1, -0.05) is 24.3 Å². The van der Waals surface area contributed by atoms with Crippen LogP contribution in [0.1, 0.15) is 22.3 Å². The molecular weight excluding hydrogens is 401 g/mol. The Morgan fingerprint density at radius 1 is 1.17 bits per heavy atom. The van der Waals surface area contributed by atoms with E-state index in [4.69, 9.17) is 17.0 Å². The van der Waals surface area contributed by atoms with Crippen LogP contribution in [0.5, 0.6) is 0 Å². The molecular formula is C23H26FN3O2S. The first-order chi connectivity index (χ1) is 14.4. The topological polar surface area (TPSA) is 57.4 Å². The molecule has 0 aliphatic rings. The summed E-state index contributed by atoms with van der Waals surface area (Å²) in [6, 6.07) is 12.2. The molecule has 3 aromatic rings. The Hall–Kier alpha value is -2.77. The molecule has 0 aliphatic carbocycles. The minimum atomic E-state index is -0.289. The van der Waals surface area contributed by atoms with Crippen LogP contribution in [0.4, 0.5) is 4.39 Å². The van der Waals surface area contributed by atoms with Gasteiger partial charge in [0.15, 0.2) is 5.11 Å². The van der Waals surface area contributed by atoms with Crippen LogP contribution in [0.2, 0.25) is 0 Å². The first kappa shape index (κ1) is 21.9. The van der Waals surface area contributed by atoms with Gasteiger partial charge in [0.2, 0.25) is 0 Å². The number of methoxy groups -OCH3 is 1. The lowest BCUT2D eigenvalue weighted by Gasteiger charge is -2.26. The minimum Gasteiger partial charge on any atom is -0.383 e. The summed E-state index contributed by atoms with van der Waals surface area (Å²) in [6.45, 7) is 5.87. The highest BCUT2D eigenvalue weighted by molar-refractivity contribution is 7.80.